The molecule has 0 heterocycles. The Hall–Kier alpha value is -0.120. The van der Waals surface area contributed by atoms with Crippen LogP contribution >= 0.6 is 0 Å². The molecule has 1 aliphatic rings. The lowest BCUT2D eigenvalue weighted by atomic mass is 9.88. The smallest absolute Gasteiger partial charge is 0.110 e. The Morgan fingerprint density at radius 3 is 2.54 bits per heavy atom. The van der Waals surface area contributed by atoms with Gasteiger partial charge in [-0.15, -0.1) is 0 Å². The maximum Gasteiger partial charge on any atom is 0.110 e. The third-order valence-electron chi connectivity index (χ3n) is 2.22. The molecular formula is C10H20O3. The predicted octanol–water partition coefficient (Wildman–Crippen LogP) is 1.20. The molecule has 3 heteroatoms. The Morgan fingerprint density at radius 1 is 1.38 bits per heavy atom. The van der Waals surface area contributed by atoms with Crippen molar-refractivity contribution in [3.8, 4) is 0 Å². The summed E-state index contributed by atoms with van der Waals surface area (Å²) in [5, 5.41) is 9.37. The molecule has 0 aromatic carbocycles. The lowest BCUT2D eigenvalue weighted by Crippen LogP contribution is -2.53. The summed E-state index contributed by atoms with van der Waals surface area (Å²) in [5.74, 6) is 0.542. The first-order valence-corrected chi connectivity index (χ1v) is 5.06. The highest BCUT2D eigenvalue weighted by molar-refractivity contribution is 4.91. The zero-order valence-corrected chi connectivity index (χ0v) is 8.69. The van der Waals surface area contributed by atoms with E-state index in [-0.39, 0.29) is 18.3 Å². The van der Waals surface area contributed by atoms with E-state index in [4.69, 9.17) is 9.47 Å². The van der Waals surface area contributed by atoms with Crippen molar-refractivity contribution in [1.82, 2.24) is 0 Å². The van der Waals surface area contributed by atoms with Crippen LogP contribution in [0, 0.1) is 5.92 Å². The Labute approximate surface area is 80.0 Å². The van der Waals surface area contributed by atoms with Crippen LogP contribution < -0.4 is 0 Å². The summed E-state index contributed by atoms with van der Waals surface area (Å²) in [6.45, 7) is 7.56. The molecule has 1 saturated carbocycles. The summed E-state index contributed by atoms with van der Waals surface area (Å²) in [6.07, 6.45) is 0.412. The molecule has 13 heavy (non-hydrogen) atoms. The minimum atomic E-state index is -0.322. The second-order valence-electron chi connectivity index (χ2n) is 3.99. The van der Waals surface area contributed by atoms with Crippen LogP contribution in [0.3, 0.4) is 0 Å². The van der Waals surface area contributed by atoms with Gasteiger partial charge in [-0.2, -0.15) is 0 Å². The van der Waals surface area contributed by atoms with Gasteiger partial charge in [-0.05, 0) is 12.8 Å². The van der Waals surface area contributed by atoms with Crippen molar-refractivity contribution in [3.63, 3.8) is 0 Å². The molecule has 0 bridgehead atoms. The third kappa shape index (κ3) is 2.93. The minimum absolute atomic E-state index is 0.0938. The fraction of sp³-hybridized carbons (Fsp3) is 1.00. The van der Waals surface area contributed by atoms with Crippen LogP contribution in [0.5, 0.6) is 0 Å². The van der Waals surface area contributed by atoms with Gasteiger partial charge in [0.25, 0.3) is 0 Å². The molecule has 1 rings (SSSR count). The lowest BCUT2D eigenvalue weighted by Gasteiger charge is -2.40. The van der Waals surface area contributed by atoms with Crippen molar-refractivity contribution < 1.29 is 14.6 Å². The molecule has 0 aromatic heterocycles. The highest BCUT2D eigenvalue weighted by atomic mass is 16.6. The molecule has 1 fully saturated rings. The molecular weight excluding hydrogens is 168 g/mol. The van der Waals surface area contributed by atoms with Gasteiger partial charge >= 0.3 is 0 Å². The summed E-state index contributed by atoms with van der Waals surface area (Å²) in [5.41, 5.74) is 0. The number of aliphatic hydroxyl groups excluding tert-OH is 1. The van der Waals surface area contributed by atoms with E-state index < -0.39 is 0 Å². The molecule has 1 aliphatic carbocycles. The normalized spacial score (nSPS) is 33.5. The maximum atomic E-state index is 9.37. The van der Waals surface area contributed by atoms with E-state index >= 15 is 0 Å². The summed E-state index contributed by atoms with van der Waals surface area (Å²) in [6, 6.07) is 0. The number of hydrogen-bond donors (Lipinski definition) is 1. The Bertz CT molecular complexity index is 147. The Balaban J connectivity index is 2.20. The van der Waals surface area contributed by atoms with Gasteiger partial charge in [0.2, 0.25) is 0 Å². The standard InChI is InChI=1S/C10H20O3/c1-4-12-10-8(11)5-9(10)13-6-7(2)3/h7-11H,4-6H2,1-3H3. The topological polar surface area (TPSA) is 38.7 Å². The fourth-order valence-corrected chi connectivity index (χ4v) is 1.45. The molecule has 3 atom stereocenters. The van der Waals surface area contributed by atoms with E-state index in [0.29, 0.717) is 12.5 Å². The quantitative estimate of drug-likeness (QED) is 0.704. The molecule has 0 aromatic rings. The largest absolute Gasteiger partial charge is 0.390 e. The molecule has 1 N–H and O–H groups in total. The van der Waals surface area contributed by atoms with E-state index in [2.05, 4.69) is 13.8 Å². The van der Waals surface area contributed by atoms with Gasteiger partial charge in [-0.1, -0.05) is 13.8 Å². The van der Waals surface area contributed by atoms with E-state index in [1.54, 1.807) is 0 Å². The van der Waals surface area contributed by atoms with Crippen molar-refractivity contribution in [3.05, 3.63) is 0 Å². The highest BCUT2D eigenvalue weighted by Crippen LogP contribution is 2.27. The van der Waals surface area contributed by atoms with Gasteiger partial charge in [0.15, 0.2) is 0 Å². The first kappa shape index (κ1) is 11.0. The van der Waals surface area contributed by atoms with Crippen molar-refractivity contribution >= 4 is 0 Å². The molecule has 0 radical (unpaired) electrons. The predicted molar refractivity (Wildman–Crippen MR) is 50.6 cm³/mol. The molecule has 3 unspecified atom stereocenters. The number of ether oxygens (including phenoxy) is 2. The van der Waals surface area contributed by atoms with Gasteiger partial charge in [0, 0.05) is 19.6 Å². The first-order valence-electron chi connectivity index (χ1n) is 5.06. The maximum absolute atomic E-state index is 9.37. The zero-order chi connectivity index (χ0) is 9.84. The average Bonchev–Trinajstić information content (AvgIpc) is 2.07. The van der Waals surface area contributed by atoms with Crippen LogP contribution in [0.2, 0.25) is 0 Å². The van der Waals surface area contributed by atoms with Crippen molar-refractivity contribution in [1.29, 1.82) is 0 Å². The SMILES string of the molecule is CCOC1C(O)CC1OCC(C)C. The van der Waals surface area contributed by atoms with Gasteiger partial charge in [-0.3, -0.25) is 0 Å². The van der Waals surface area contributed by atoms with Crippen LogP contribution in [0.4, 0.5) is 0 Å². The molecule has 0 amide bonds. The molecule has 0 saturated heterocycles. The molecule has 0 spiro atoms. The number of hydrogen-bond acceptors (Lipinski definition) is 3. The van der Waals surface area contributed by atoms with E-state index in [0.717, 1.165) is 13.0 Å². The van der Waals surface area contributed by atoms with Crippen LogP contribution in [-0.4, -0.2) is 36.6 Å². The lowest BCUT2D eigenvalue weighted by molar-refractivity contribution is -0.193. The molecule has 0 aliphatic heterocycles. The Kier molecular flexibility index (Phi) is 4.16. The number of rotatable bonds is 5. The van der Waals surface area contributed by atoms with Gasteiger partial charge < -0.3 is 14.6 Å². The van der Waals surface area contributed by atoms with Crippen LogP contribution in [-0.2, 0) is 9.47 Å². The monoisotopic (exact) mass is 188 g/mol. The first-order chi connectivity index (χ1) is 6.15. The van der Waals surface area contributed by atoms with E-state index in [1.807, 2.05) is 6.92 Å². The third-order valence-corrected chi connectivity index (χ3v) is 2.22. The van der Waals surface area contributed by atoms with Crippen molar-refractivity contribution in [2.75, 3.05) is 13.2 Å². The summed E-state index contributed by atoms with van der Waals surface area (Å²) in [7, 11) is 0. The van der Waals surface area contributed by atoms with Crippen LogP contribution in [0.15, 0.2) is 0 Å². The van der Waals surface area contributed by atoms with Gasteiger partial charge in [0.1, 0.15) is 6.10 Å². The average molecular weight is 188 g/mol. The summed E-state index contributed by atoms with van der Waals surface area (Å²) >= 11 is 0. The minimum Gasteiger partial charge on any atom is -0.390 e. The van der Waals surface area contributed by atoms with E-state index in [1.165, 1.54) is 0 Å². The van der Waals surface area contributed by atoms with Crippen molar-refractivity contribution in [2.24, 2.45) is 5.92 Å². The number of aliphatic hydroxyl groups is 1. The van der Waals surface area contributed by atoms with Gasteiger partial charge in [-0.25, -0.2) is 0 Å². The summed E-state index contributed by atoms with van der Waals surface area (Å²) < 4.78 is 10.9. The highest BCUT2D eigenvalue weighted by Gasteiger charge is 2.41. The summed E-state index contributed by atoms with van der Waals surface area (Å²) in [4.78, 5) is 0. The molecule has 3 nitrogen and oxygen atoms in total. The van der Waals surface area contributed by atoms with Crippen LogP contribution in [0.25, 0.3) is 0 Å². The van der Waals surface area contributed by atoms with E-state index in [9.17, 15) is 5.11 Å². The fourth-order valence-electron chi connectivity index (χ4n) is 1.45. The van der Waals surface area contributed by atoms with Crippen molar-refractivity contribution in [2.45, 2.75) is 45.5 Å². The second kappa shape index (κ2) is 4.94. The molecule has 78 valence electrons. The zero-order valence-electron chi connectivity index (χ0n) is 8.69. The van der Waals surface area contributed by atoms with Gasteiger partial charge in [0.05, 0.1) is 12.2 Å². The van der Waals surface area contributed by atoms with Crippen LogP contribution in [0.1, 0.15) is 27.2 Å². The second-order valence-corrected chi connectivity index (χ2v) is 3.99. The Morgan fingerprint density at radius 2 is 2.08 bits per heavy atom.